The third-order valence-corrected chi connectivity index (χ3v) is 8.88. The summed E-state index contributed by atoms with van der Waals surface area (Å²) < 4.78 is 92.8. The number of hydrogen-bond donors (Lipinski definition) is 2. The summed E-state index contributed by atoms with van der Waals surface area (Å²) in [7, 11) is -4.44. The maximum Gasteiger partial charge on any atom is 0.427 e. The van der Waals surface area contributed by atoms with Gasteiger partial charge in [0.15, 0.2) is 4.90 Å². The van der Waals surface area contributed by atoms with E-state index in [4.69, 9.17) is 14.2 Å². The Morgan fingerprint density at radius 2 is 1.83 bits per heavy atom. The van der Waals surface area contributed by atoms with Crippen molar-refractivity contribution in [2.24, 2.45) is 0 Å². The molecule has 2 heterocycles. The highest BCUT2D eigenvalue weighted by molar-refractivity contribution is 7.93. The standard InChI is InChI=1S/C31H38F3N5O8S/c1-5-38-19-27(28(37-38)45-15-9-14-44-20-22-10-7-6-8-11-22)48(42,43)39-18-24(17-35-21(2)40)46-26-13-12-23(16-25(26)39)36-29(41)47-30(3,4)31(32,33)34/h6-8,10-13,16,19,24H,5,9,14-15,17-18,20H2,1-4H3,(H,35,40)(H,36,41)/t24-/m0/s1. The Labute approximate surface area is 276 Å². The van der Waals surface area contributed by atoms with Crippen LogP contribution in [0.3, 0.4) is 0 Å². The van der Waals surface area contributed by atoms with Gasteiger partial charge >= 0.3 is 12.3 Å². The van der Waals surface area contributed by atoms with Crippen LogP contribution >= 0.6 is 0 Å². The van der Waals surface area contributed by atoms with Crippen LogP contribution in [-0.4, -0.2) is 74.4 Å². The fourth-order valence-corrected chi connectivity index (χ4v) is 6.03. The van der Waals surface area contributed by atoms with Crippen LogP contribution in [-0.2, 0) is 37.4 Å². The molecule has 1 aliphatic rings. The van der Waals surface area contributed by atoms with E-state index in [1.807, 2.05) is 30.3 Å². The number of anilines is 2. The first-order chi connectivity index (χ1) is 22.6. The summed E-state index contributed by atoms with van der Waals surface area (Å²) in [5, 5.41) is 9.11. The second-order valence-corrected chi connectivity index (χ2v) is 13.1. The Morgan fingerprint density at radius 1 is 1.10 bits per heavy atom. The first kappa shape index (κ1) is 36.3. The number of amides is 2. The molecule has 0 radical (unpaired) electrons. The molecule has 2 N–H and O–H groups in total. The van der Waals surface area contributed by atoms with E-state index < -0.39 is 34.0 Å². The maximum absolute atomic E-state index is 14.3. The second kappa shape index (κ2) is 15.1. The van der Waals surface area contributed by atoms with Crippen molar-refractivity contribution in [3.63, 3.8) is 0 Å². The first-order valence-corrected chi connectivity index (χ1v) is 16.5. The van der Waals surface area contributed by atoms with E-state index in [-0.39, 0.29) is 53.5 Å². The zero-order valence-corrected chi connectivity index (χ0v) is 27.7. The molecule has 0 spiro atoms. The number of hydrogen-bond acceptors (Lipinski definition) is 9. The topological polar surface area (TPSA) is 150 Å². The number of aromatic nitrogens is 2. The third kappa shape index (κ3) is 9.09. The lowest BCUT2D eigenvalue weighted by atomic mass is 10.1. The lowest BCUT2D eigenvalue weighted by molar-refractivity contribution is -0.242. The molecule has 0 unspecified atom stereocenters. The number of fused-ring (bicyclic) bond motifs is 1. The number of halogens is 3. The normalized spacial score (nSPS) is 14.9. The summed E-state index contributed by atoms with van der Waals surface area (Å²) >= 11 is 0. The van der Waals surface area contributed by atoms with Crippen molar-refractivity contribution in [2.75, 3.05) is 35.9 Å². The van der Waals surface area contributed by atoms with Gasteiger partial charge in [0.1, 0.15) is 11.9 Å². The Balaban J connectivity index is 1.56. The fourth-order valence-electron chi connectivity index (χ4n) is 4.45. The van der Waals surface area contributed by atoms with Crippen LogP contribution in [0.25, 0.3) is 0 Å². The van der Waals surface area contributed by atoms with Crippen molar-refractivity contribution >= 4 is 33.4 Å². The van der Waals surface area contributed by atoms with Gasteiger partial charge in [-0.1, -0.05) is 30.3 Å². The summed E-state index contributed by atoms with van der Waals surface area (Å²) in [5.74, 6) is -0.416. The van der Waals surface area contributed by atoms with E-state index in [2.05, 4.69) is 20.5 Å². The van der Waals surface area contributed by atoms with Crippen LogP contribution < -0.4 is 24.4 Å². The van der Waals surface area contributed by atoms with Crippen LogP contribution in [0.5, 0.6) is 11.6 Å². The first-order valence-electron chi connectivity index (χ1n) is 15.1. The molecule has 1 aliphatic heterocycles. The highest BCUT2D eigenvalue weighted by Crippen LogP contribution is 2.40. The van der Waals surface area contributed by atoms with Crippen molar-refractivity contribution < 1.29 is 50.1 Å². The molecule has 2 amide bonds. The predicted molar refractivity (Wildman–Crippen MR) is 168 cm³/mol. The zero-order chi connectivity index (χ0) is 35.1. The number of carbonyl (C=O) groups excluding carboxylic acids is 2. The van der Waals surface area contributed by atoms with Gasteiger partial charge in [0.05, 0.1) is 38.6 Å². The second-order valence-electron chi connectivity index (χ2n) is 11.3. The van der Waals surface area contributed by atoms with Gasteiger partial charge in [0, 0.05) is 31.8 Å². The van der Waals surface area contributed by atoms with Gasteiger partial charge in [-0.05, 0) is 44.5 Å². The summed E-state index contributed by atoms with van der Waals surface area (Å²) in [6.07, 6.45) is -5.28. The summed E-state index contributed by atoms with van der Waals surface area (Å²) in [4.78, 5) is 23.7. The number of ether oxygens (including phenoxy) is 4. The summed E-state index contributed by atoms with van der Waals surface area (Å²) in [5.41, 5.74) is -1.86. The number of nitrogens with zero attached hydrogens (tertiary/aromatic N) is 3. The minimum absolute atomic E-state index is 0.0218. The van der Waals surface area contributed by atoms with Crippen molar-refractivity contribution in [1.29, 1.82) is 0 Å². The molecular formula is C31H38F3N5O8S. The molecule has 2 aromatic carbocycles. The molecule has 0 fully saturated rings. The van der Waals surface area contributed by atoms with Gasteiger partial charge < -0.3 is 24.3 Å². The van der Waals surface area contributed by atoms with Crippen LogP contribution in [0.4, 0.5) is 29.3 Å². The number of sulfonamides is 1. The van der Waals surface area contributed by atoms with E-state index in [0.29, 0.717) is 40.0 Å². The van der Waals surface area contributed by atoms with Crippen LogP contribution in [0, 0.1) is 0 Å². The quantitative estimate of drug-likeness (QED) is 0.225. The van der Waals surface area contributed by atoms with Gasteiger partial charge in [0.25, 0.3) is 15.9 Å². The molecule has 0 saturated heterocycles. The van der Waals surface area contributed by atoms with E-state index in [1.54, 1.807) is 6.92 Å². The average Bonchev–Trinajstić information content (AvgIpc) is 3.45. The van der Waals surface area contributed by atoms with Crippen molar-refractivity contribution in [3.8, 4) is 11.6 Å². The van der Waals surface area contributed by atoms with Gasteiger partial charge in [-0.2, -0.15) is 13.2 Å². The largest absolute Gasteiger partial charge is 0.484 e. The highest BCUT2D eigenvalue weighted by atomic mass is 32.2. The van der Waals surface area contributed by atoms with Gasteiger partial charge in [-0.25, -0.2) is 13.2 Å². The molecular weight excluding hydrogens is 659 g/mol. The Bertz CT molecular complexity index is 1680. The molecule has 17 heteroatoms. The zero-order valence-electron chi connectivity index (χ0n) is 26.9. The Morgan fingerprint density at radius 3 is 2.50 bits per heavy atom. The molecule has 13 nitrogen and oxygen atoms in total. The number of rotatable bonds is 14. The molecule has 3 aromatic rings. The van der Waals surface area contributed by atoms with E-state index in [9.17, 15) is 31.2 Å². The van der Waals surface area contributed by atoms with E-state index in [1.165, 1.54) is 36.0 Å². The fraction of sp³-hybridized carbons (Fsp3) is 0.452. The SMILES string of the molecule is CCn1cc(S(=O)(=O)N2C[C@H](CNC(C)=O)Oc3ccc(NC(=O)OC(C)(C)C(F)(F)F)cc32)c(OCCCOCc2ccccc2)n1. The monoisotopic (exact) mass is 697 g/mol. The van der Waals surface area contributed by atoms with Crippen molar-refractivity contribution in [3.05, 3.63) is 60.3 Å². The molecule has 262 valence electrons. The molecule has 0 saturated carbocycles. The number of aryl methyl sites for hydroxylation is 1. The Kier molecular flexibility index (Phi) is 11.5. The Hall–Kier alpha value is -4.51. The molecule has 0 bridgehead atoms. The van der Waals surface area contributed by atoms with Gasteiger partial charge in [0.2, 0.25) is 11.5 Å². The number of alkyl halides is 3. The van der Waals surface area contributed by atoms with Crippen LogP contribution in [0.1, 0.15) is 39.7 Å². The van der Waals surface area contributed by atoms with Crippen molar-refractivity contribution in [1.82, 2.24) is 15.1 Å². The smallest absolute Gasteiger partial charge is 0.427 e. The molecule has 1 aromatic heterocycles. The third-order valence-electron chi connectivity index (χ3n) is 7.12. The lowest BCUT2D eigenvalue weighted by Gasteiger charge is -2.35. The predicted octanol–water partition coefficient (Wildman–Crippen LogP) is 4.87. The molecule has 4 rings (SSSR count). The number of nitrogens with one attached hydrogen (secondary N) is 2. The van der Waals surface area contributed by atoms with Crippen molar-refractivity contribution in [2.45, 2.75) is 70.0 Å². The number of carbonyl (C=O) groups is 2. The van der Waals surface area contributed by atoms with Gasteiger partial charge in [-0.3, -0.25) is 19.1 Å². The van der Waals surface area contributed by atoms with E-state index in [0.717, 1.165) is 9.87 Å². The molecule has 48 heavy (non-hydrogen) atoms. The number of benzene rings is 2. The maximum atomic E-state index is 14.3. The molecule has 1 atom stereocenters. The van der Waals surface area contributed by atoms with Crippen LogP contribution in [0.2, 0.25) is 0 Å². The molecule has 0 aliphatic carbocycles. The average molecular weight is 698 g/mol. The summed E-state index contributed by atoms with van der Waals surface area (Å²) in [6, 6.07) is 13.5. The minimum Gasteiger partial charge on any atom is -0.484 e. The van der Waals surface area contributed by atoms with E-state index >= 15 is 0 Å². The lowest BCUT2D eigenvalue weighted by Crippen LogP contribution is -2.48. The van der Waals surface area contributed by atoms with Gasteiger partial charge in [-0.15, -0.1) is 5.10 Å². The minimum atomic E-state index is -4.83. The summed E-state index contributed by atoms with van der Waals surface area (Å²) in [6.45, 7) is 5.38. The highest BCUT2D eigenvalue weighted by Gasteiger charge is 2.51. The van der Waals surface area contributed by atoms with Crippen LogP contribution in [0.15, 0.2) is 59.6 Å².